The van der Waals surface area contributed by atoms with Gasteiger partial charge in [0.2, 0.25) is 79.3 Å². The fourth-order valence-electron chi connectivity index (χ4n) is 1.52. The molecule has 1 heterocycles. The van der Waals surface area contributed by atoms with E-state index in [9.17, 15) is 0 Å². The summed E-state index contributed by atoms with van der Waals surface area (Å²) in [6, 6.07) is 0. The second kappa shape index (κ2) is 19.8. The van der Waals surface area contributed by atoms with Crippen LogP contribution in [-0.4, -0.2) is 108 Å². The summed E-state index contributed by atoms with van der Waals surface area (Å²) in [5.74, 6) is 0. The first kappa shape index (κ1) is 23.1. The van der Waals surface area contributed by atoms with Crippen LogP contribution in [0, 0.1) is 0 Å². The molecular weight excluding hydrogens is 368 g/mol. The van der Waals surface area contributed by atoms with Crippen LogP contribution < -0.4 is 12.4 Å². The van der Waals surface area contributed by atoms with Crippen LogP contribution in [-0.2, 0) is 22.4 Å². The number of hydrogen-bond acceptors (Lipinski definition) is 0. The maximum atomic E-state index is 4.37. The molecule has 1 saturated heterocycles. The predicted molar refractivity (Wildman–Crippen MR) is 71.7 cm³/mol. The van der Waals surface area contributed by atoms with Gasteiger partial charge < -0.3 is 40.8 Å². The minimum atomic E-state index is 0. The molecule has 0 aromatic carbocycles. The molecule has 116 valence electrons. The van der Waals surface area contributed by atoms with E-state index in [1.807, 2.05) is 0 Å². The van der Waals surface area contributed by atoms with Crippen LogP contribution in [0.1, 0.15) is 0 Å². The molecule has 20 heavy (non-hydrogen) atoms. The summed E-state index contributed by atoms with van der Waals surface area (Å²) in [4.78, 5) is 0. The average Bonchev–Trinajstić information content (AvgIpc) is 2.39. The van der Waals surface area contributed by atoms with Crippen molar-refractivity contribution in [1.82, 2.24) is 0 Å². The van der Waals surface area contributed by atoms with Crippen molar-refractivity contribution in [2.24, 2.45) is 0 Å². The maximum absolute atomic E-state index is 4.37. The van der Waals surface area contributed by atoms with Gasteiger partial charge in [-0.15, -0.1) is 0 Å². The summed E-state index contributed by atoms with van der Waals surface area (Å²) in [6.07, 6.45) is 0. The van der Waals surface area contributed by atoms with E-state index in [0.29, 0.717) is 0 Å². The van der Waals surface area contributed by atoms with Gasteiger partial charge in [0.15, 0.2) is 0 Å². The third-order valence-corrected chi connectivity index (χ3v) is 2.50. The Morgan fingerprint density at radius 1 is 0.300 bits per heavy atom. The Kier molecular flexibility index (Phi) is 22.8. The monoisotopic (exact) mass is 398 g/mol. The number of aliphatic hydroxyl groups is 12. The van der Waals surface area contributed by atoms with Crippen LogP contribution in [0.5, 0.6) is 0 Å². The first-order valence-corrected chi connectivity index (χ1v) is 6.79. The zero-order valence-corrected chi connectivity index (χ0v) is 14.9. The van der Waals surface area contributed by atoms with Crippen LogP contribution in [0.2, 0.25) is 0 Å². The second-order valence-corrected chi connectivity index (χ2v) is 4.02. The quantitative estimate of drug-likeness (QED) is 0.288. The summed E-state index contributed by atoms with van der Waals surface area (Å²) < 4.78 is 26.2. The number of ether oxygens (including phenoxy) is 6. The Hall–Kier alpha value is 0.790. The molecule has 1 fully saturated rings. The number of hydrogen-bond donors (Lipinski definition) is 0. The molecule has 0 amide bonds. The van der Waals surface area contributed by atoms with Crippen molar-refractivity contribution in [2.75, 3.05) is 79.3 Å². The maximum Gasteiger partial charge on any atom is 5.00 e. The standard InChI is InChI=1S/C12H24O6.ClH.Nb/c1-2-14-5-6-16-9-10-18-12-11-17-8-7-15-4-3-13-1;;/h1-12H2;1H;/q;;+5/p+5. The molecule has 8 heteroatoms. The summed E-state index contributed by atoms with van der Waals surface area (Å²) in [6.45, 7) is 9.78. The van der Waals surface area contributed by atoms with Crippen molar-refractivity contribution in [1.29, 1.82) is 0 Å². The van der Waals surface area contributed by atoms with Crippen molar-refractivity contribution in [3.63, 3.8) is 0 Å². The van der Waals surface area contributed by atoms with Crippen molar-refractivity contribution >= 4 is 0 Å². The normalized spacial score (nSPS) is 21.6. The van der Waals surface area contributed by atoms with Gasteiger partial charge in [0.25, 0.3) is 0 Å². The average molecular weight is 399 g/mol. The number of halogens is 1. The van der Waals surface area contributed by atoms with Crippen molar-refractivity contribution in [2.45, 2.75) is 0 Å². The van der Waals surface area contributed by atoms with Gasteiger partial charge in [0.1, 0.15) is 0 Å². The molecular formula is C12H30ClNbO6+10. The molecule has 1 aliphatic heterocycles. The molecule has 6 N–H and O–H groups in total. The molecule has 0 aromatic heterocycles. The third-order valence-electron chi connectivity index (χ3n) is 2.50. The Morgan fingerprint density at radius 2 is 0.400 bits per heavy atom. The van der Waals surface area contributed by atoms with Crippen LogP contribution in [0.4, 0.5) is 0 Å². The van der Waals surface area contributed by atoms with E-state index < -0.39 is 0 Å². The molecule has 0 aromatic rings. The van der Waals surface area contributed by atoms with Crippen molar-refractivity contribution < 1.29 is 63.2 Å². The summed E-state index contributed by atoms with van der Waals surface area (Å²) in [5, 5.41) is 0. The Bertz CT molecular complexity index is 103. The first-order chi connectivity index (χ1) is 9.00. The SMILES string of the molecule is C1C[OH+]CC[OH+]CC[OH+]CC[OH+]CC[OH+]CC[OH+]1.[Cl-].[Nb+5]. The summed E-state index contributed by atoms with van der Waals surface area (Å²) in [7, 11) is 0. The van der Waals surface area contributed by atoms with Crippen LogP contribution in [0.3, 0.4) is 0 Å². The second-order valence-electron chi connectivity index (χ2n) is 4.02. The van der Waals surface area contributed by atoms with Gasteiger partial charge in [-0.1, -0.05) is 0 Å². The first-order valence-electron chi connectivity index (χ1n) is 6.79. The Labute approximate surface area is 142 Å². The fraction of sp³-hybridized carbons (Fsp3) is 1.00. The molecule has 0 atom stereocenters. The van der Waals surface area contributed by atoms with E-state index in [4.69, 9.17) is 0 Å². The summed E-state index contributed by atoms with van der Waals surface area (Å²) in [5.41, 5.74) is 0. The van der Waals surface area contributed by atoms with Crippen LogP contribution >= 0.6 is 0 Å². The van der Waals surface area contributed by atoms with E-state index in [2.05, 4.69) is 28.4 Å². The smallest absolute Gasteiger partial charge is 1.00 e. The predicted octanol–water partition coefficient (Wildman–Crippen LogP) is -5.83. The molecule has 0 saturated carbocycles. The molecule has 6 nitrogen and oxygen atoms in total. The van der Waals surface area contributed by atoms with E-state index in [1.165, 1.54) is 0 Å². The molecule has 0 spiro atoms. The van der Waals surface area contributed by atoms with Gasteiger partial charge in [-0.25, -0.2) is 0 Å². The molecule has 0 radical (unpaired) electrons. The zero-order valence-electron chi connectivity index (χ0n) is 12.0. The van der Waals surface area contributed by atoms with E-state index in [0.717, 1.165) is 79.3 Å². The minimum absolute atomic E-state index is 0. The van der Waals surface area contributed by atoms with Gasteiger partial charge in [-0.2, -0.15) is 0 Å². The van der Waals surface area contributed by atoms with E-state index in [-0.39, 0.29) is 34.8 Å². The molecule has 1 aliphatic rings. The molecule has 0 unspecified atom stereocenters. The van der Waals surface area contributed by atoms with Gasteiger partial charge >= 0.3 is 22.4 Å². The Balaban J connectivity index is 0. The third kappa shape index (κ3) is 16.8. The van der Waals surface area contributed by atoms with Crippen molar-refractivity contribution in [3.05, 3.63) is 0 Å². The molecule has 0 aliphatic carbocycles. The zero-order chi connectivity index (χ0) is 12.7. The van der Waals surface area contributed by atoms with Gasteiger partial charge in [-0.3, -0.25) is 0 Å². The van der Waals surface area contributed by atoms with E-state index >= 15 is 0 Å². The molecule has 0 bridgehead atoms. The van der Waals surface area contributed by atoms with Gasteiger partial charge in [0.05, 0.1) is 0 Å². The van der Waals surface area contributed by atoms with Crippen LogP contribution in [0.25, 0.3) is 0 Å². The Morgan fingerprint density at radius 3 is 0.500 bits per heavy atom. The number of rotatable bonds is 0. The largest absolute Gasteiger partial charge is 5.00 e. The fourth-order valence-corrected chi connectivity index (χ4v) is 1.52. The topological polar surface area (TPSA) is 76.8 Å². The van der Waals surface area contributed by atoms with Crippen molar-refractivity contribution in [3.8, 4) is 0 Å². The van der Waals surface area contributed by atoms with Gasteiger partial charge in [-0.05, 0) is 0 Å². The summed E-state index contributed by atoms with van der Waals surface area (Å²) >= 11 is 0. The molecule has 1 rings (SSSR count). The van der Waals surface area contributed by atoms with Gasteiger partial charge in [0, 0.05) is 0 Å². The minimum Gasteiger partial charge on any atom is -1.00 e. The van der Waals surface area contributed by atoms with E-state index in [1.54, 1.807) is 0 Å². The van der Waals surface area contributed by atoms with Crippen LogP contribution in [0.15, 0.2) is 0 Å².